The van der Waals surface area contributed by atoms with Crippen LogP contribution in [0.25, 0.3) is 0 Å². The lowest BCUT2D eigenvalue weighted by Gasteiger charge is -2.34. The zero-order valence-electron chi connectivity index (χ0n) is 19.3. The van der Waals surface area contributed by atoms with Crippen LogP contribution in [-0.2, 0) is 16.0 Å². The molecular formula is C26H31N3O4. The standard InChI is InChI=1S/C26H31N3O4/c1-27(2)24(30)18-28-14-16-29(17-15-28)25(31)20-10-12-21(13-11-20)33-26(32)23-9-5-7-19-6-3-4-8-22(19)23/h3-4,6,8,10-13,23H,5,7,9,14-18H2,1-2H3. The number of nitrogens with zero attached hydrogens (tertiary/aromatic N) is 3. The minimum absolute atomic E-state index is 0.0485. The first-order valence-electron chi connectivity index (χ1n) is 11.5. The fourth-order valence-corrected chi connectivity index (χ4v) is 4.48. The van der Waals surface area contributed by atoms with Gasteiger partial charge in [0.1, 0.15) is 5.75 Å². The molecule has 0 bridgehead atoms. The van der Waals surface area contributed by atoms with E-state index < -0.39 is 0 Å². The third-order valence-electron chi connectivity index (χ3n) is 6.49. The highest BCUT2D eigenvalue weighted by Gasteiger charge is 2.28. The lowest BCUT2D eigenvalue weighted by Crippen LogP contribution is -2.51. The van der Waals surface area contributed by atoms with Crippen molar-refractivity contribution in [1.82, 2.24) is 14.7 Å². The van der Waals surface area contributed by atoms with Crippen LogP contribution in [0.1, 0.15) is 40.2 Å². The molecule has 0 aromatic heterocycles. The highest BCUT2D eigenvalue weighted by atomic mass is 16.5. The average molecular weight is 450 g/mol. The summed E-state index contributed by atoms with van der Waals surface area (Å²) in [6, 6.07) is 14.9. The quantitative estimate of drug-likeness (QED) is 0.518. The molecule has 1 heterocycles. The molecule has 7 heteroatoms. The number of carbonyl (C=O) groups is 3. The predicted molar refractivity (Wildman–Crippen MR) is 125 cm³/mol. The summed E-state index contributed by atoms with van der Waals surface area (Å²) < 4.78 is 5.65. The summed E-state index contributed by atoms with van der Waals surface area (Å²) in [6.45, 7) is 2.88. The first kappa shape index (κ1) is 23.0. The van der Waals surface area contributed by atoms with E-state index in [1.807, 2.05) is 18.2 Å². The molecule has 1 atom stereocenters. The molecule has 2 aromatic carbocycles. The van der Waals surface area contributed by atoms with Gasteiger partial charge >= 0.3 is 5.97 Å². The zero-order valence-corrected chi connectivity index (χ0v) is 19.3. The lowest BCUT2D eigenvalue weighted by molar-refractivity contribution is -0.136. The number of likely N-dealkylation sites (N-methyl/N-ethyl adjacent to an activating group) is 1. The van der Waals surface area contributed by atoms with Gasteiger partial charge in [-0.2, -0.15) is 0 Å². The van der Waals surface area contributed by atoms with Crippen LogP contribution >= 0.6 is 0 Å². The van der Waals surface area contributed by atoms with Crippen molar-refractivity contribution < 1.29 is 19.1 Å². The molecule has 1 unspecified atom stereocenters. The number of amides is 2. The SMILES string of the molecule is CN(C)C(=O)CN1CCN(C(=O)c2ccc(OC(=O)C3CCCc4ccccc43)cc2)CC1. The lowest BCUT2D eigenvalue weighted by atomic mass is 9.83. The third-order valence-corrected chi connectivity index (χ3v) is 6.49. The van der Waals surface area contributed by atoms with Gasteiger partial charge in [-0.25, -0.2) is 0 Å². The van der Waals surface area contributed by atoms with Crippen molar-refractivity contribution in [3.05, 3.63) is 65.2 Å². The molecule has 1 aliphatic heterocycles. The van der Waals surface area contributed by atoms with Gasteiger partial charge in [-0.1, -0.05) is 24.3 Å². The molecule has 0 radical (unpaired) electrons. The average Bonchev–Trinajstić information content (AvgIpc) is 2.84. The Morgan fingerprint density at radius 3 is 2.36 bits per heavy atom. The molecule has 1 saturated heterocycles. The molecule has 7 nitrogen and oxygen atoms in total. The molecule has 1 fully saturated rings. The number of ether oxygens (including phenoxy) is 1. The molecular weight excluding hydrogens is 418 g/mol. The fourth-order valence-electron chi connectivity index (χ4n) is 4.48. The Morgan fingerprint density at radius 2 is 1.67 bits per heavy atom. The molecule has 2 aliphatic rings. The van der Waals surface area contributed by atoms with E-state index in [2.05, 4.69) is 11.0 Å². The van der Waals surface area contributed by atoms with Gasteiger partial charge in [0.05, 0.1) is 12.5 Å². The van der Waals surface area contributed by atoms with Crippen LogP contribution < -0.4 is 4.74 Å². The number of fused-ring (bicyclic) bond motifs is 1. The Kier molecular flexibility index (Phi) is 7.08. The summed E-state index contributed by atoms with van der Waals surface area (Å²) in [6.07, 6.45) is 2.76. The molecule has 174 valence electrons. The number of esters is 1. The van der Waals surface area contributed by atoms with E-state index in [9.17, 15) is 14.4 Å². The Morgan fingerprint density at radius 1 is 0.970 bits per heavy atom. The summed E-state index contributed by atoms with van der Waals surface area (Å²) in [4.78, 5) is 43.0. The van der Waals surface area contributed by atoms with Gasteiger partial charge in [-0.3, -0.25) is 19.3 Å². The number of aryl methyl sites for hydroxylation is 1. The van der Waals surface area contributed by atoms with Gasteiger partial charge < -0.3 is 14.5 Å². The normalized spacial score (nSPS) is 18.4. The maximum absolute atomic E-state index is 12.9. The Hall–Kier alpha value is -3.19. The molecule has 2 amide bonds. The summed E-state index contributed by atoms with van der Waals surface area (Å²) >= 11 is 0. The minimum atomic E-state index is -0.246. The van der Waals surface area contributed by atoms with E-state index in [1.165, 1.54) is 5.56 Å². The topological polar surface area (TPSA) is 70.2 Å². The smallest absolute Gasteiger partial charge is 0.318 e. The maximum atomic E-state index is 12.9. The van der Waals surface area contributed by atoms with Gasteiger partial charge in [-0.15, -0.1) is 0 Å². The van der Waals surface area contributed by atoms with Crippen LogP contribution in [0.3, 0.4) is 0 Å². The van der Waals surface area contributed by atoms with E-state index in [1.54, 1.807) is 48.2 Å². The second kappa shape index (κ2) is 10.2. The molecule has 0 spiro atoms. The van der Waals surface area contributed by atoms with E-state index in [0.717, 1.165) is 24.8 Å². The summed E-state index contributed by atoms with van der Waals surface area (Å²) in [7, 11) is 3.49. The van der Waals surface area contributed by atoms with Gasteiger partial charge in [0, 0.05) is 45.8 Å². The molecule has 2 aromatic rings. The van der Waals surface area contributed by atoms with Crippen LogP contribution in [0.4, 0.5) is 0 Å². The van der Waals surface area contributed by atoms with Crippen molar-refractivity contribution >= 4 is 17.8 Å². The fraction of sp³-hybridized carbons (Fsp3) is 0.423. The Labute approximate surface area is 194 Å². The Balaban J connectivity index is 1.32. The van der Waals surface area contributed by atoms with E-state index in [-0.39, 0.29) is 23.7 Å². The highest BCUT2D eigenvalue weighted by Crippen LogP contribution is 2.32. The monoisotopic (exact) mass is 449 g/mol. The number of piperazine rings is 1. The largest absolute Gasteiger partial charge is 0.426 e. The first-order valence-corrected chi connectivity index (χ1v) is 11.5. The summed E-state index contributed by atoms with van der Waals surface area (Å²) in [5.41, 5.74) is 2.85. The van der Waals surface area contributed by atoms with Gasteiger partial charge in [0.2, 0.25) is 5.91 Å². The number of benzene rings is 2. The van der Waals surface area contributed by atoms with Crippen LogP contribution in [0.2, 0.25) is 0 Å². The molecule has 1 aliphatic carbocycles. The van der Waals surface area contributed by atoms with Crippen molar-refractivity contribution in [1.29, 1.82) is 0 Å². The van der Waals surface area contributed by atoms with Gasteiger partial charge in [0.25, 0.3) is 5.91 Å². The van der Waals surface area contributed by atoms with E-state index in [0.29, 0.717) is 44.0 Å². The number of hydrogen-bond acceptors (Lipinski definition) is 5. The van der Waals surface area contributed by atoms with Crippen LogP contribution in [0, 0.1) is 0 Å². The molecule has 4 rings (SSSR count). The molecule has 0 N–H and O–H groups in total. The first-order chi connectivity index (χ1) is 15.9. The number of hydrogen-bond donors (Lipinski definition) is 0. The molecule has 33 heavy (non-hydrogen) atoms. The number of carbonyl (C=O) groups excluding carboxylic acids is 3. The van der Waals surface area contributed by atoms with Gasteiger partial charge in [0.15, 0.2) is 0 Å². The third kappa shape index (κ3) is 5.42. The van der Waals surface area contributed by atoms with Crippen molar-refractivity contribution in [3.8, 4) is 5.75 Å². The second-order valence-electron chi connectivity index (χ2n) is 8.95. The summed E-state index contributed by atoms with van der Waals surface area (Å²) in [5.74, 6) is -0.0209. The van der Waals surface area contributed by atoms with Gasteiger partial charge in [-0.05, 0) is 54.7 Å². The Bertz CT molecular complexity index is 1010. The minimum Gasteiger partial charge on any atom is -0.426 e. The zero-order chi connectivity index (χ0) is 23.4. The van der Waals surface area contributed by atoms with Crippen molar-refractivity contribution in [3.63, 3.8) is 0 Å². The predicted octanol–water partition coefficient (Wildman–Crippen LogP) is 2.56. The number of rotatable bonds is 5. The summed E-state index contributed by atoms with van der Waals surface area (Å²) in [5, 5.41) is 0. The second-order valence-corrected chi connectivity index (χ2v) is 8.95. The van der Waals surface area contributed by atoms with Crippen LogP contribution in [-0.4, -0.2) is 79.3 Å². The van der Waals surface area contributed by atoms with Crippen molar-refractivity contribution in [2.24, 2.45) is 0 Å². The maximum Gasteiger partial charge on any atom is 0.318 e. The molecule has 0 saturated carbocycles. The van der Waals surface area contributed by atoms with Crippen molar-refractivity contribution in [2.45, 2.75) is 25.2 Å². The highest BCUT2D eigenvalue weighted by molar-refractivity contribution is 5.94. The van der Waals surface area contributed by atoms with E-state index >= 15 is 0 Å². The van der Waals surface area contributed by atoms with E-state index in [4.69, 9.17) is 4.74 Å². The van der Waals surface area contributed by atoms with Crippen LogP contribution in [0.15, 0.2) is 48.5 Å². The van der Waals surface area contributed by atoms with Crippen molar-refractivity contribution in [2.75, 3.05) is 46.8 Å². The van der Waals surface area contributed by atoms with Crippen LogP contribution in [0.5, 0.6) is 5.75 Å².